The van der Waals surface area contributed by atoms with Crippen LogP contribution in [0.25, 0.3) is 5.57 Å². The molecule has 4 rings (SSSR count). The van der Waals surface area contributed by atoms with Gasteiger partial charge in [0.25, 0.3) is 0 Å². The Morgan fingerprint density at radius 3 is 2.76 bits per heavy atom. The van der Waals surface area contributed by atoms with Crippen molar-refractivity contribution in [3.05, 3.63) is 27.8 Å². The number of rotatable bonds is 5. The van der Waals surface area contributed by atoms with Gasteiger partial charge in [0.2, 0.25) is 5.91 Å². The normalized spacial score (nSPS) is 30.9. The zero-order valence-corrected chi connectivity index (χ0v) is 18.5. The number of fused-ring (bicyclic) bond motifs is 1. The van der Waals surface area contributed by atoms with E-state index in [4.69, 9.17) is 4.98 Å². The maximum atomic E-state index is 12.4. The smallest absolute Gasteiger partial charge is 0.353 e. The Kier molecular flexibility index (Phi) is 5.35. The number of hydrogen-bond donors (Lipinski definition) is 2. The zero-order chi connectivity index (χ0) is 21.0. The van der Waals surface area contributed by atoms with E-state index in [9.17, 15) is 19.8 Å². The molecule has 4 heterocycles. The number of aliphatic hydroxyl groups excluding tert-OH is 1. The van der Waals surface area contributed by atoms with Crippen molar-refractivity contribution in [3.63, 3.8) is 0 Å². The van der Waals surface area contributed by atoms with Crippen LogP contribution in [0.15, 0.2) is 26.4 Å². The molecule has 0 aliphatic carbocycles. The maximum absolute atomic E-state index is 12.4. The van der Waals surface area contributed by atoms with Gasteiger partial charge in [-0.2, -0.15) is 0 Å². The number of hydrogen-bond acceptors (Lipinski definition) is 7. The molecule has 0 unspecified atom stereocenters. The van der Waals surface area contributed by atoms with Crippen molar-refractivity contribution in [1.82, 2.24) is 14.8 Å². The maximum Gasteiger partial charge on any atom is 0.353 e. The van der Waals surface area contributed by atoms with E-state index in [1.807, 2.05) is 12.3 Å². The molecule has 1 fully saturated rings. The first-order chi connectivity index (χ1) is 13.7. The van der Waals surface area contributed by atoms with Crippen LogP contribution in [0.3, 0.4) is 0 Å². The Morgan fingerprint density at radius 1 is 1.41 bits per heavy atom. The third kappa shape index (κ3) is 3.34. The number of carbonyl (C=O) groups excluding carboxylic acids is 1. The van der Waals surface area contributed by atoms with Crippen LogP contribution >= 0.6 is 23.1 Å². The summed E-state index contributed by atoms with van der Waals surface area (Å²) in [5.41, 5.74) is 2.21. The fourth-order valence-corrected chi connectivity index (χ4v) is 6.52. The molecule has 156 valence electrons. The molecular formula is C20H25N3O4S2. The molecule has 3 aliphatic heterocycles. The SMILES string of the molecule is C[C@@H]1CC(c2csc(SC3=C(C(=O)O)N4C(=O)[C@H]([C@@H](C)O)[C@H]4[C@H]3C)n2)=CCN1C. The zero-order valence-electron chi connectivity index (χ0n) is 16.8. The molecule has 9 heteroatoms. The first-order valence-corrected chi connectivity index (χ1v) is 11.4. The van der Waals surface area contributed by atoms with Gasteiger partial charge < -0.3 is 15.1 Å². The molecule has 0 bridgehead atoms. The number of amides is 1. The lowest BCUT2D eigenvalue weighted by Gasteiger charge is -2.46. The molecule has 0 saturated carbocycles. The van der Waals surface area contributed by atoms with Gasteiger partial charge in [-0.25, -0.2) is 9.78 Å². The predicted molar refractivity (Wildman–Crippen MR) is 112 cm³/mol. The standard InChI is InChI=1S/C20H25N3O4S2/c1-9-7-12(5-6-22(9)4)13-8-28-20(21-13)29-17-10(2)15-14(11(3)24)18(25)23(15)16(17)19(26)27/h5,8-11,14-15,24H,6-7H2,1-4H3,(H,26,27)/t9-,10-,11-,14-,15-/m1/s1. The Hall–Kier alpha value is -1.68. The summed E-state index contributed by atoms with van der Waals surface area (Å²) >= 11 is 2.83. The highest BCUT2D eigenvalue weighted by Gasteiger charge is 2.60. The molecule has 5 atom stereocenters. The molecule has 7 nitrogen and oxygen atoms in total. The van der Waals surface area contributed by atoms with Gasteiger partial charge in [0.15, 0.2) is 4.34 Å². The molecule has 1 saturated heterocycles. The van der Waals surface area contributed by atoms with E-state index in [1.54, 1.807) is 6.92 Å². The first kappa shape index (κ1) is 20.6. The summed E-state index contributed by atoms with van der Waals surface area (Å²) in [5, 5.41) is 21.7. The predicted octanol–water partition coefficient (Wildman–Crippen LogP) is 2.50. The van der Waals surface area contributed by atoms with Crippen molar-refractivity contribution >= 4 is 40.5 Å². The molecule has 0 radical (unpaired) electrons. The van der Waals surface area contributed by atoms with Gasteiger partial charge in [0.1, 0.15) is 5.70 Å². The van der Waals surface area contributed by atoms with Crippen molar-refractivity contribution in [2.75, 3.05) is 13.6 Å². The van der Waals surface area contributed by atoms with Crippen LogP contribution in [0.2, 0.25) is 0 Å². The van der Waals surface area contributed by atoms with E-state index < -0.39 is 18.0 Å². The molecule has 0 aromatic carbocycles. The second-order valence-electron chi connectivity index (χ2n) is 8.09. The van der Waals surface area contributed by atoms with E-state index in [-0.39, 0.29) is 23.6 Å². The van der Waals surface area contributed by atoms with Gasteiger partial charge in [0.05, 0.1) is 23.8 Å². The van der Waals surface area contributed by atoms with E-state index in [0.29, 0.717) is 10.9 Å². The van der Waals surface area contributed by atoms with Gasteiger partial charge in [-0.3, -0.25) is 9.69 Å². The Morgan fingerprint density at radius 2 is 2.14 bits per heavy atom. The molecule has 2 N–H and O–H groups in total. The van der Waals surface area contributed by atoms with Crippen LogP contribution in [0, 0.1) is 11.8 Å². The van der Waals surface area contributed by atoms with Crippen molar-refractivity contribution in [3.8, 4) is 0 Å². The van der Waals surface area contributed by atoms with Crippen LogP contribution in [0.5, 0.6) is 0 Å². The number of aliphatic hydroxyl groups is 1. The Balaban J connectivity index is 1.59. The number of aromatic nitrogens is 1. The lowest BCUT2D eigenvalue weighted by atomic mass is 9.79. The quantitative estimate of drug-likeness (QED) is 0.686. The molecule has 0 spiro atoms. The van der Waals surface area contributed by atoms with Gasteiger partial charge >= 0.3 is 5.97 Å². The lowest BCUT2D eigenvalue weighted by molar-refractivity contribution is -0.163. The van der Waals surface area contributed by atoms with Crippen molar-refractivity contribution < 1.29 is 19.8 Å². The molecule has 29 heavy (non-hydrogen) atoms. The van der Waals surface area contributed by atoms with E-state index in [2.05, 4.69) is 24.9 Å². The van der Waals surface area contributed by atoms with E-state index >= 15 is 0 Å². The average Bonchev–Trinajstić information content (AvgIpc) is 3.20. The van der Waals surface area contributed by atoms with E-state index in [0.717, 1.165) is 23.0 Å². The van der Waals surface area contributed by atoms with Gasteiger partial charge in [-0.05, 0) is 32.9 Å². The highest BCUT2D eigenvalue weighted by atomic mass is 32.2. The average molecular weight is 436 g/mol. The summed E-state index contributed by atoms with van der Waals surface area (Å²) in [6.45, 7) is 6.59. The summed E-state index contributed by atoms with van der Waals surface area (Å²) in [6, 6.07) is 0.156. The van der Waals surface area contributed by atoms with Crippen LogP contribution in [0.4, 0.5) is 0 Å². The summed E-state index contributed by atoms with van der Waals surface area (Å²) in [7, 11) is 2.10. The van der Waals surface area contributed by atoms with Gasteiger partial charge in [-0.1, -0.05) is 24.8 Å². The molecule has 1 amide bonds. The fourth-order valence-electron chi connectivity index (χ4n) is 4.40. The monoisotopic (exact) mass is 435 g/mol. The van der Waals surface area contributed by atoms with E-state index in [1.165, 1.54) is 33.6 Å². The number of carbonyl (C=O) groups is 2. The largest absolute Gasteiger partial charge is 0.477 e. The number of β-lactam (4-membered cyclic amide) rings is 1. The minimum Gasteiger partial charge on any atom is -0.477 e. The topological polar surface area (TPSA) is 94.0 Å². The Bertz CT molecular complexity index is 923. The lowest BCUT2D eigenvalue weighted by Crippen LogP contribution is -2.63. The second kappa shape index (κ2) is 7.54. The third-order valence-electron chi connectivity index (χ3n) is 6.21. The van der Waals surface area contributed by atoms with Crippen molar-refractivity contribution in [2.24, 2.45) is 11.8 Å². The third-order valence-corrected chi connectivity index (χ3v) is 8.44. The summed E-state index contributed by atoms with van der Waals surface area (Å²) in [5.74, 6) is -2.12. The highest BCUT2D eigenvalue weighted by Crippen LogP contribution is 2.52. The number of nitrogens with zero attached hydrogens (tertiary/aromatic N) is 3. The second-order valence-corrected chi connectivity index (χ2v) is 10.2. The van der Waals surface area contributed by atoms with Gasteiger partial charge in [0, 0.05) is 28.8 Å². The minimum absolute atomic E-state index is 0.0401. The summed E-state index contributed by atoms with van der Waals surface area (Å²) in [4.78, 5) is 33.4. The first-order valence-electron chi connectivity index (χ1n) is 9.72. The number of aliphatic carboxylic acids is 1. The molecular weight excluding hydrogens is 410 g/mol. The Labute approximate surface area is 178 Å². The molecule has 1 aromatic rings. The minimum atomic E-state index is -1.11. The summed E-state index contributed by atoms with van der Waals surface area (Å²) in [6.07, 6.45) is 2.33. The number of thioether (sulfide) groups is 1. The van der Waals surface area contributed by atoms with Crippen molar-refractivity contribution in [2.45, 2.75) is 49.7 Å². The highest BCUT2D eigenvalue weighted by molar-refractivity contribution is 8.04. The molecule has 1 aromatic heterocycles. The van der Waals surface area contributed by atoms with Crippen LogP contribution in [-0.2, 0) is 9.59 Å². The van der Waals surface area contributed by atoms with Crippen LogP contribution in [0.1, 0.15) is 32.9 Å². The van der Waals surface area contributed by atoms with Crippen molar-refractivity contribution in [1.29, 1.82) is 0 Å². The number of carboxylic acid groups (broad SMARTS) is 1. The number of likely N-dealkylation sites (N-methyl/N-ethyl adjacent to an activating group) is 1. The number of thiazole rings is 1. The fraction of sp³-hybridized carbons (Fsp3) is 0.550. The molecule has 3 aliphatic rings. The summed E-state index contributed by atoms with van der Waals surface area (Å²) < 4.78 is 0.775. The van der Waals surface area contributed by atoms with Crippen LogP contribution in [-0.4, -0.2) is 68.7 Å². The van der Waals surface area contributed by atoms with Crippen LogP contribution < -0.4 is 0 Å². The van der Waals surface area contributed by atoms with Gasteiger partial charge in [-0.15, -0.1) is 11.3 Å². The number of carboxylic acids is 1.